The Hall–Kier alpha value is -1.88. The van der Waals surface area contributed by atoms with Crippen LogP contribution in [0.1, 0.15) is 36.2 Å². The molecule has 1 aliphatic rings. The van der Waals surface area contributed by atoms with Crippen LogP contribution in [-0.4, -0.2) is 23.8 Å². The molecular weight excluding hydrogens is 266 g/mol. The van der Waals surface area contributed by atoms with Crippen LogP contribution >= 0.6 is 0 Å². The summed E-state index contributed by atoms with van der Waals surface area (Å²) < 4.78 is 10.8. The van der Waals surface area contributed by atoms with Crippen LogP contribution < -0.4 is 5.32 Å². The molecule has 1 aromatic heterocycles. The van der Waals surface area contributed by atoms with Gasteiger partial charge >= 0.3 is 0 Å². The van der Waals surface area contributed by atoms with Crippen LogP contribution in [0.2, 0.25) is 0 Å². The van der Waals surface area contributed by atoms with Gasteiger partial charge in [-0.25, -0.2) is 0 Å². The molecule has 1 N–H and O–H groups in total. The van der Waals surface area contributed by atoms with E-state index in [2.05, 4.69) is 34.5 Å². The van der Waals surface area contributed by atoms with E-state index in [1.807, 2.05) is 12.1 Å². The molecule has 0 spiro atoms. The Morgan fingerprint density at radius 2 is 2.19 bits per heavy atom. The van der Waals surface area contributed by atoms with Crippen LogP contribution in [0.25, 0.3) is 0 Å². The highest BCUT2D eigenvalue weighted by Gasteiger charge is 2.35. The van der Waals surface area contributed by atoms with Gasteiger partial charge in [-0.1, -0.05) is 23.4 Å². The quantitative estimate of drug-likeness (QED) is 0.847. The summed E-state index contributed by atoms with van der Waals surface area (Å²) in [5, 5.41) is 7.44. The number of nitrogens with zero attached hydrogens (tertiary/aromatic N) is 2. The first-order valence-electron chi connectivity index (χ1n) is 7.42. The highest BCUT2D eigenvalue weighted by atomic mass is 16.5. The number of rotatable bonds is 7. The molecule has 0 saturated heterocycles. The zero-order valence-corrected chi connectivity index (χ0v) is 12.5. The fourth-order valence-electron chi connectivity index (χ4n) is 2.47. The molecule has 1 fully saturated rings. The van der Waals surface area contributed by atoms with E-state index in [4.69, 9.17) is 9.26 Å². The standard InChI is InChI=1S/C16H21N3O2/c1-11-5-3-4-6-13(11)17-10-9-14-18-16(19-21-14)15(20-2)12-7-8-12/h3-6,12,15,17H,7-10H2,1-2H3. The number of hydrogen-bond acceptors (Lipinski definition) is 5. The fourth-order valence-corrected chi connectivity index (χ4v) is 2.47. The molecule has 1 aliphatic carbocycles. The van der Waals surface area contributed by atoms with Crippen LogP contribution in [0.4, 0.5) is 5.69 Å². The lowest BCUT2D eigenvalue weighted by molar-refractivity contribution is 0.0751. The van der Waals surface area contributed by atoms with Crippen molar-refractivity contribution in [1.29, 1.82) is 0 Å². The Morgan fingerprint density at radius 1 is 1.38 bits per heavy atom. The third kappa shape index (κ3) is 3.42. The number of nitrogens with one attached hydrogen (secondary N) is 1. The molecule has 112 valence electrons. The number of anilines is 1. The number of ether oxygens (including phenoxy) is 1. The monoisotopic (exact) mass is 287 g/mol. The van der Waals surface area contributed by atoms with Crippen LogP contribution in [-0.2, 0) is 11.2 Å². The molecule has 3 rings (SSSR count). The Labute approximate surface area is 124 Å². The van der Waals surface area contributed by atoms with Crippen molar-refractivity contribution < 1.29 is 9.26 Å². The van der Waals surface area contributed by atoms with Gasteiger partial charge in [0.05, 0.1) is 0 Å². The minimum absolute atomic E-state index is 0.00757. The van der Waals surface area contributed by atoms with E-state index in [0.29, 0.717) is 24.1 Å². The maximum Gasteiger partial charge on any atom is 0.228 e. The van der Waals surface area contributed by atoms with E-state index in [9.17, 15) is 0 Å². The molecule has 0 radical (unpaired) electrons. The molecular formula is C16H21N3O2. The molecule has 1 aromatic carbocycles. The van der Waals surface area contributed by atoms with Crippen molar-refractivity contribution in [2.45, 2.75) is 32.3 Å². The lowest BCUT2D eigenvalue weighted by Gasteiger charge is -2.08. The fraction of sp³-hybridized carbons (Fsp3) is 0.500. The van der Waals surface area contributed by atoms with Crippen LogP contribution in [0.3, 0.4) is 0 Å². The minimum Gasteiger partial charge on any atom is -0.384 e. The van der Waals surface area contributed by atoms with Crippen LogP contribution in [0.15, 0.2) is 28.8 Å². The molecule has 1 unspecified atom stereocenters. The molecule has 1 heterocycles. The van der Waals surface area contributed by atoms with Crippen molar-refractivity contribution in [3.63, 3.8) is 0 Å². The van der Waals surface area contributed by atoms with Crippen LogP contribution in [0, 0.1) is 12.8 Å². The first-order valence-corrected chi connectivity index (χ1v) is 7.42. The number of methoxy groups -OCH3 is 1. The summed E-state index contributed by atoms with van der Waals surface area (Å²) >= 11 is 0. The average Bonchev–Trinajstić information content (AvgIpc) is 3.21. The second kappa shape index (κ2) is 6.26. The number of benzene rings is 1. The Kier molecular flexibility index (Phi) is 4.20. The maximum absolute atomic E-state index is 5.46. The predicted molar refractivity (Wildman–Crippen MR) is 80.1 cm³/mol. The first kappa shape index (κ1) is 14.1. The van der Waals surface area contributed by atoms with Gasteiger partial charge in [-0.2, -0.15) is 4.98 Å². The summed E-state index contributed by atoms with van der Waals surface area (Å²) in [5.41, 5.74) is 2.38. The summed E-state index contributed by atoms with van der Waals surface area (Å²) in [6, 6.07) is 8.22. The van der Waals surface area contributed by atoms with Gasteiger partial charge in [0.15, 0.2) is 0 Å². The smallest absolute Gasteiger partial charge is 0.228 e. The molecule has 5 nitrogen and oxygen atoms in total. The molecule has 21 heavy (non-hydrogen) atoms. The summed E-state index contributed by atoms with van der Waals surface area (Å²) in [7, 11) is 1.71. The largest absolute Gasteiger partial charge is 0.384 e. The van der Waals surface area contributed by atoms with Crippen molar-refractivity contribution in [3.05, 3.63) is 41.5 Å². The summed E-state index contributed by atoms with van der Waals surface area (Å²) in [4.78, 5) is 4.45. The van der Waals surface area contributed by atoms with Crippen molar-refractivity contribution in [1.82, 2.24) is 10.1 Å². The van der Waals surface area contributed by atoms with E-state index >= 15 is 0 Å². The number of aryl methyl sites for hydroxylation is 1. The van der Waals surface area contributed by atoms with Gasteiger partial charge in [0, 0.05) is 25.8 Å². The maximum atomic E-state index is 5.46. The third-order valence-electron chi connectivity index (χ3n) is 3.84. The first-order chi connectivity index (χ1) is 10.3. The molecule has 1 saturated carbocycles. The number of aromatic nitrogens is 2. The molecule has 5 heteroatoms. The summed E-state index contributed by atoms with van der Waals surface area (Å²) in [6.45, 7) is 2.86. The van der Waals surface area contributed by atoms with Crippen LogP contribution in [0.5, 0.6) is 0 Å². The highest BCUT2D eigenvalue weighted by molar-refractivity contribution is 5.50. The molecule has 1 atom stereocenters. The van der Waals surface area contributed by atoms with Gasteiger partial charge in [-0.05, 0) is 37.3 Å². The van der Waals surface area contributed by atoms with Gasteiger partial charge < -0.3 is 14.6 Å². The van der Waals surface area contributed by atoms with E-state index in [1.54, 1.807) is 7.11 Å². The molecule has 2 aromatic rings. The minimum atomic E-state index is -0.00757. The van der Waals surface area contributed by atoms with E-state index in [0.717, 1.165) is 12.2 Å². The molecule has 0 bridgehead atoms. The molecule has 0 amide bonds. The van der Waals surface area contributed by atoms with E-state index in [-0.39, 0.29) is 6.10 Å². The lowest BCUT2D eigenvalue weighted by atomic mass is 10.2. The van der Waals surface area contributed by atoms with Gasteiger partial charge in [0.2, 0.25) is 11.7 Å². The van der Waals surface area contributed by atoms with Gasteiger partial charge in [-0.15, -0.1) is 0 Å². The van der Waals surface area contributed by atoms with Gasteiger partial charge in [0.25, 0.3) is 0 Å². The van der Waals surface area contributed by atoms with Gasteiger partial charge in [0.1, 0.15) is 6.10 Å². The van der Waals surface area contributed by atoms with E-state index in [1.165, 1.54) is 18.4 Å². The lowest BCUT2D eigenvalue weighted by Crippen LogP contribution is -2.08. The van der Waals surface area contributed by atoms with Crippen molar-refractivity contribution in [3.8, 4) is 0 Å². The van der Waals surface area contributed by atoms with Gasteiger partial charge in [-0.3, -0.25) is 0 Å². The van der Waals surface area contributed by atoms with Crippen molar-refractivity contribution in [2.75, 3.05) is 19.0 Å². The second-order valence-electron chi connectivity index (χ2n) is 5.53. The third-order valence-corrected chi connectivity index (χ3v) is 3.84. The SMILES string of the molecule is COC(c1noc(CCNc2ccccc2C)n1)C1CC1. The zero-order valence-electron chi connectivity index (χ0n) is 12.5. The highest BCUT2D eigenvalue weighted by Crippen LogP contribution is 2.41. The average molecular weight is 287 g/mol. The Balaban J connectivity index is 1.54. The number of para-hydroxylation sites is 1. The topological polar surface area (TPSA) is 60.2 Å². The Bertz CT molecular complexity index is 593. The predicted octanol–water partition coefficient (Wildman–Crippen LogP) is 3.13. The Morgan fingerprint density at radius 3 is 2.90 bits per heavy atom. The zero-order chi connectivity index (χ0) is 14.7. The van der Waals surface area contributed by atoms with E-state index < -0.39 is 0 Å². The van der Waals surface area contributed by atoms with Crippen molar-refractivity contribution >= 4 is 5.69 Å². The van der Waals surface area contributed by atoms with Crippen molar-refractivity contribution in [2.24, 2.45) is 5.92 Å². The normalized spacial score (nSPS) is 15.9. The summed E-state index contributed by atoms with van der Waals surface area (Å²) in [6.07, 6.45) is 3.09. The summed E-state index contributed by atoms with van der Waals surface area (Å²) in [5.74, 6) is 1.91. The molecule has 0 aliphatic heterocycles. The second-order valence-corrected chi connectivity index (χ2v) is 5.53. The number of hydrogen-bond donors (Lipinski definition) is 1.